The maximum Gasteiger partial charge on any atom is 0.242 e. The Morgan fingerprint density at radius 2 is 2.00 bits per heavy atom. The summed E-state index contributed by atoms with van der Waals surface area (Å²) in [5, 5.41) is 2.83. The predicted octanol–water partition coefficient (Wildman–Crippen LogP) is 3.81. The van der Waals surface area contributed by atoms with Gasteiger partial charge in [-0.25, -0.2) is 8.42 Å². The highest BCUT2D eigenvalue weighted by Gasteiger charge is 2.23. The smallest absolute Gasteiger partial charge is 0.242 e. The highest BCUT2D eigenvalue weighted by molar-refractivity contribution is 9.10. The molecule has 0 aliphatic heterocycles. The Hall–Kier alpha value is -1.61. The first kappa shape index (κ1) is 20.7. The van der Waals surface area contributed by atoms with Gasteiger partial charge < -0.3 is 10.1 Å². The van der Waals surface area contributed by atoms with E-state index in [-0.39, 0.29) is 9.92 Å². The molecule has 140 valence electrons. The maximum atomic E-state index is 12.5. The highest BCUT2D eigenvalue weighted by atomic mass is 79.9. The summed E-state index contributed by atoms with van der Waals surface area (Å²) in [6, 6.07) is 10.2. The molecule has 0 aliphatic rings. The maximum absolute atomic E-state index is 12.5. The summed E-state index contributed by atoms with van der Waals surface area (Å²) in [7, 11) is -3.92. The molecule has 2 N–H and O–H groups in total. The van der Waals surface area contributed by atoms with E-state index in [0.717, 1.165) is 4.47 Å². The molecule has 6 nitrogen and oxygen atoms in total. The van der Waals surface area contributed by atoms with Crippen LogP contribution in [0, 0.1) is 0 Å². The normalized spacial score (nSPS) is 12.5. The van der Waals surface area contributed by atoms with Crippen LogP contribution in [-0.2, 0) is 14.8 Å². The first-order chi connectivity index (χ1) is 12.2. The molecule has 0 fully saturated rings. The highest BCUT2D eigenvalue weighted by Crippen LogP contribution is 2.27. The second-order valence-corrected chi connectivity index (χ2v) is 8.40. The molecule has 9 heteroatoms. The van der Waals surface area contributed by atoms with Crippen molar-refractivity contribution in [3.8, 4) is 5.75 Å². The third-order valence-electron chi connectivity index (χ3n) is 3.33. The quantitative estimate of drug-likeness (QED) is 0.657. The summed E-state index contributed by atoms with van der Waals surface area (Å²) in [6.07, 6.45) is 0. The van der Waals surface area contributed by atoms with Gasteiger partial charge in [0.25, 0.3) is 0 Å². The molecular formula is C17H18BrClN2O4S. The van der Waals surface area contributed by atoms with Crippen molar-refractivity contribution < 1.29 is 17.9 Å². The molecule has 0 unspecified atom stereocenters. The molecule has 1 atom stereocenters. The summed E-state index contributed by atoms with van der Waals surface area (Å²) in [5.74, 6) is -0.0859. The Bertz CT molecular complexity index is 905. The van der Waals surface area contributed by atoms with Gasteiger partial charge in [0.05, 0.1) is 22.6 Å². The van der Waals surface area contributed by atoms with Gasteiger partial charge in [-0.1, -0.05) is 33.6 Å². The van der Waals surface area contributed by atoms with E-state index in [4.69, 9.17) is 16.3 Å². The van der Waals surface area contributed by atoms with E-state index < -0.39 is 22.0 Å². The molecular weight excluding hydrogens is 444 g/mol. The van der Waals surface area contributed by atoms with Gasteiger partial charge in [-0.2, -0.15) is 4.72 Å². The molecule has 0 heterocycles. The van der Waals surface area contributed by atoms with Crippen molar-refractivity contribution in [2.24, 2.45) is 0 Å². The Kier molecular flexibility index (Phi) is 7.05. The van der Waals surface area contributed by atoms with Crippen LogP contribution in [0.1, 0.15) is 13.8 Å². The minimum atomic E-state index is -3.92. The minimum Gasteiger partial charge on any atom is -0.492 e. The summed E-state index contributed by atoms with van der Waals surface area (Å²) in [5.41, 5.74) is 0.555. The molecule has 2 aromatic carbocycles. The lowest BCUT2D eigenvalue weighted by Gasteiger charge is -2.15. The van der Waals surface area contributed by atoms with Gasteiger partial charge in [-0.05, 0) is 50.2 Å². The fraction of sp³-hybridized carbons (Fsp3) is 0.235. The first-order valence-corrected chi connectivity index (χ1v) is 10.4. The number of anilines is 1. The van der Waals surface area contributed by atoms with Crippen molar-refractivity contribution in [3.63, 3.8) is 0 Å². The number of halogens is 2. The van der Waals surface area contributed by atoms with Crippen molar-refractivity contribution in [2.75, 3.05) is 11.9 Å². The lowest BCUT2D eigenvalue weighted by molar-refractivity contribution is -0.117. The topological polar surface area (TPSA) is 84.5 Å². The van der Waals surface area contributed by atoms with E-state index in [2.05, 4.69) is 26.0 Å². The van der Waals surface area contributed by atoms with Crippen molar-refractivity contribution >= 4 is 49.1 Å². The summed E-state index contributed by atoms with van der Waals surface area (Å²) >= 11 is 9.34. The van der Waals surface area contributed by atoms with Gasteiger partial charge in [0.2, 0.25) is 15.9 Å². The van der Waals surface area contributed by atoms with E-state index in [0.29, 0.717) is 18.0 Å². The zero-order valence-corrected chi connectivity index (χ0v) is 17.3. The zero-order valence-electron chi connectivity index (χ0n) is 14.1. The van der Waals surface area contributed by atoms with Crippen LogP contribution in [0.15, 0.2) is 51.8 Å². The fourth-order valence-corrected chi connectivity index (χ4v) is 4.02. The molecule has 0 saturated carbocycles. The van der Waals surface area contributed by atoms with Crippen LogP contribution in [0.4, 0.5) is 5.69 Å². The molecule has 26 heavy (non-hydrogen) atoms. The molecule has 0 bridgehead atoms. The molecule has 0 radical (unpaired) electrons. The number of sulfonamides is 1. The van der Waals surface area contributed by atoms with Crippen LogP contribution in [0.25, 0.3) is 0 Å². The van der Waals surface area contributed by atoms with Crippen LogP contribution in [-0.4, -0.2) is 27.0 Å². The van der Waals surface area contributed by atoms with Crippen molar-refractivity contribution in [3.05, 3.63) is 52.0 Å². The number of carbonyl (C=O) groups excluding carboxylic acids is 1. The van der Waals surface area contributed by atoms with Crippen LogP contribution in [0.5, 0.6) is 5.75 Å². The van der Waals surface area contributed by atoms with E-state index in [1.54, 1.807) is 25.1 Å². The number of ether oxygens (including phenoxy) is 1. The average Bonchev–Trinajstić information content (AvgIpc) is 2.56. The van der Waals surface area contributed by atoms with Crippen molar-refractivity contribution in [1.82, 2.24) is 4.72 Å². The number of hydrogen-bond acceptors (Lipinski definition) is 4. The number of carbonyl (C=O) groups is 1. The molecule has 0 aliphatic carbocycles. The molecule has 0 saturated heterocycles. The Balaban J connectivity index is 2.10. The van der Waals surface area contributed by atoms with Crippen LogP contribution in [0.3, 0.4) is 0 Å². The average molecular weight is 462 g/mol. The van der Waals surface area contributed by atoms with Crippen LogP contribution in [0.2, 0.25) is 5.02 Å². The molecule has 0 spiro atoms. The van der Waals surface area contributed by atoms with Gasteiger partial charge in [0.1, 0.15) is 5.75 Å². The third kappa shape index (κ3) is 5.44. The van der Waals surface area contributed by atoms with Gasteiger partial charge in [0.15, 0.2) is 0 Å². The molecule has 2 rings (SSSR count). The van der Waals surface area contributed by atoms with Crippen molar-refractivity contribution in [1.29, 1.82) is 0 Å². The molecule has 2 aromatic rings. The monoisotopic (exact) mass is 460 g/mol. The van der Waals surface area contributed by atoms with Gasteiger partial charge in [0, 0.05) is 10.2 Å². The van der Waals surface area contributed by atoms with E-state index in [1.807, 2.05) is 6.07 Å². The largest absolute Gasteiger partial charge is 0.492 e. The fourth-order valence-electron chi connectivity index (χ4n) is 2.09. The van der Waals surface area contributed by atoms with Gasteiger partial charge in [-0.15, -0.1) is 0 Å². The summed E-state index contributed by atoms with van der Waals surface area (Å²) < 4.78 is 33.4. The Morgan fingerprint density at radius 3 is 2.62 bits per heavy atom. The number of nitrogens with one attached hydrogen (secondary N) is 2. The Morgan fingerprint density at radius 1 is 1.27 bits per heavy atom. The SMILES string of the molecule is CCOc1ccc(S(=O)(=O)N[C@H](C)C(=O)Nc2cccc(Br)c2)cc1Cl. The van der Waals surface area contributed by atoms with E-state index in [9.17, 15) is 13.2 Å². The minimum absolute atomic E-state index is 0.0481. The Labute approximate surface area is 166 Å². The van der Waals surface area contributed by atoms with E-state index >= 15 is 0 Å². The van der Waals surface area contributed by atoms with Crippen molar-refractivity contribution in [2.45, 2.75) is 24.8 Å². The molecule has 0 aromatic heterocycles. The van der Waals surface area contributed by atoms with E-state index in [1.165, 1.54) is 25.1 Å². The third-order valence-corrected chi connectivity index (χ3v) is 5.66. The number of rotatable bonds is 7. The second-order valence-electron chi connectivity index (χ2n) is 5.37. The first-order valence-electron chi connectivity index (χ1n) is 7.74. The number of hydrogen-bond donors (Lipinski definition) is 2. The number of benzene rings is 2. The molecule has 1 amide bonds. The predicted molar refractivity (Wildman–Crippen MR) is 105 cm³/mol. The summed E-state index contributed by atoms with van der Waals surface area (Å²) in [4.78, 5) is 12.2. The summed E-state index contributed by atoms with van der Waals surface area (Å²) in [6.45, 7) is 3.67. The lowest BCUT2D eigenvalue weighted by Crippen LogP contribution is -2.41. The second kappa shape index (κ2) is 8.85. The van der Waals surface area contributed by atoms with Crippen LogP contribution < -0.4 is 14.8 Å². The standard InChI is InChI=1S/C17H18BrClN2O4S/c1-3-25-16-8-7-14(10-15(16)19)26(23,24)21-11(2)17(22)20-13-6-4-5-12(18)9-13/h4-11,21H,3H2,1-2H3,(H,20,22)/t11-/m1/s1. The van der Waals surface area contributed by atoms with Gasteiger partial charge >= 0.3 is 0 Å². The van der Waals surface area contributed by atoms with Gasteiger partial charge in [-0.3, -0.25) is 4.79 Å². The van der Waals surface area contributed by atoms with Crippen LogP contribution >= 0.6 is 27.5 Å². The lowest BCUT2D eigenvalue weighted by atomic mass is 10.3. The zero-order chi connectivity index (χ0) is 19.3. The number of amides is 1.